The lowest BCUT2D eigenvalue weighted by molar-refractivity contribution is -0.108. The van der Waals surface area contributed by atoms with E-state index in [1.54, 1.807) is 0 Å². The van der Waals surface area contributed by atoms with Crippen molar-refractivity contribution in [3.8, 4) is 5.75 Å². The van der Waals surface area contributed by atoms with Gasteiger partial charge in [-0.1, -0.05) is 25.0 Å². The van der Waals surface area contributed by atoms with E-state index in [2.05, 4.69) is 15.9 Å². The van der Waals surface area contributed by atoms with Crippen LogP contribution >= 0.6 is 27.5 Å². The van der Waals surface area contributed by atoms with Crippen molar-refractivity contribution < 1.29 is 9.47 Å². The van der Waals surface area contributed by atoms with E-state index in [1.165, 1.54) is 25.7 Å². The van der Waals surface area contributed by atoms with Crippen LogP contribution in [0.25, 0.3) is 0 Å². The number of benzene rings is 1. The zero-order valence-corrected chi connectivity index (χ0v) is 13.9. The Labute approximate surface area is 133 Å². The van der Waals surface area contributed by atoms with Gasteiger partial charge in [-0.25, -0.2) is 0 Å². The Hall–Kier alpha value is -0.250. The van der Waals surface area contributed by atoms with Crippen molar-refractivity contribution in [1.82, 2.24) is 0 Å². The molecule has 1 unspecified atom stereocenters. The molecule has 1 saturated heterocycles. The molecule has 1 spiro atoms. The zero-order valence-electron chi connectivity index (χ0n) is 11.5. The minimum absolute atomic E-state index is 0.0886. The maximum Gasteiger partial charge on any atom is 0.138 e. The smallest absolute Gasteiger partial charge is 0.138 e. The number of ether oxygens (including phenoxy) is 2. The van der Waals surface area contributed by atoms with Crippen molar-refractivity contribution in [2.75, 3.05) is 6.61 Å². The summed E-state index contributed by atoms with van der Waals surface area (Å²) in [6.07, 6.45) is 7.16. The second kappa shape index (κ2) is 6.25. The van der Waals surface area contributed by atoms with E-state index in [-0.39, 0.29) is 11.7 Å². The molecule has 0 amide bonds. The van der Waals surface area contributed by atoms with Crippen molar-refractivity contribution in [3.05, 3.63) is 28.2 Å². The summed E-state index contributed by atoms with van der Waals surface area (Å²) in [4.78, 5) is 0. The number of hydrogen-bond acceptors (Lipinski definition) is 2. The van der Waals surface area contributed by atoms with Gasteiger partial charge in [0.1, 0.15) is 11.9 Å². The van der Waals surface area contributed by atoms with E-state index >= 15 is 0 Å². The molecule has 0 N–H and O–H groups in total. The van der Waals surface area contributed by atoms with Crippen molar-refractivity contribution in [3.63, 3.8) is 0 Å². The van der Waals surface area contributed by atoms with Gasteiger partial charge < -0.3 is 9.47 Å². The molecule has 1 aliphatic heterocycles. The van der Waals surface area contributed by atoms with Crippen molar-refractivity contribution >= 4 is 27.5 Å². The Morgan fingerprint density at radius 1 is 1.35 bits per heavy atom. The van der Waals surface area contributed by atoms with Crippen molar-refractivity contribution in [2.45, 2.75) is 56.1 Å². The predicted molar refractivity (Wildman–Crippen MR) is 84.5 cm³/mol. The molecule has 1 aromatic carbocycles. The third-order valence-electron chi connectivity index (χ3n) is 4.44. The summed E-state index contributed by atoms with van der Waals surface area (Å²) in [6, 6.07) is 6.03. The average Bonchev–Trinajstić information content (AvgIpc) is 2.89. The van der Waals surface area contributed by atoms with E-state index in [0.29, 0.717) is 5.88 Å². The van der Waals surface area contributed by atoms with Gasteiger partial charge in [0, 0.05) is 18.4 Å². The molecular weight excluding hydrogens is 340 g/mol. The first-order valence-corrected chi connectivity index (χ1v) is 8.69. The third kappa shape index (κ3) is 3.00. The van der Waals surface area contributed by atoms with Gasteiger partial charge >= 0.3 is 0 Å². The summed E-state index contributed by atoms with van der Waals surface area (Å²) >= 11 is 9.59. The van der Waals surface area contributed by atoms with Crippen LogP contribution in [0.4, 0.5) is 0 Å². The molecule has 20 heavy (non-hydrogen) atoms. The third-order valence-corrected chi connectivity index (χ3v) is 5.35. The normalized spacial score (nSPS) is 25.0. The van der Waals surface area contributed by atoms with Gasteiger partial charge in [0.2, 0.25) is 0 Å². The highest BCUT2D eigenvalue weighted by atomic mass is 79.9. The van der Waals surface area contributed by atoms with Crippen LogP contribution in [0.2, 0.25) is 0 Å². The standard InChI is InChI=1S/C16H20BrClO2/c17-14-5-3-4-12(11-18)15(14)20-13-6-9-19-16(10-13)7-1-2-8-16/h3-5,13H,1-2,6-11H2. The van der Waals surface area contributed by atoms with E-state index < -0.39 is 0 Å². The molecule has 2 nitrogen and oxygen atoms in total. The van der Waals surface area contributed by atoms with Gasteiger partial charge in [-0.15, -0.1) is 11.6 Å². The van der Waals surface area contributed by atoms with Crippen LogP contribution in [0.1, 0.15) is 44.1 Å². The largest absolute Gasteiger partial charge is 0.489 e. The first-order valence-electron chi connectivity index (χ1n) is 7.36. The summed E-state index contributed by atoms with van der Waals surface area (Å²) in [7, 11) is 0. The number of para-hydroxylation sites is 1. The lowest BCUT2D eigenvalue weighted by Gasteiger charge is -2.38. The Balaban J connectivity index is 1.74. The number of rotatable bonds is 3. The lowest BCUT2D eigenvalue weighted by Crippen LogP contribution is -2.41. The van der Waals surface area contributed by atoms with Crippen LogP contribution in [0.3, 0.4) is 0 Å². The molecule has 1 atom stereocenters. The van der Waals surface area contributed by atoms with Gasteiger partial charge in [-0.2, -0.15) is 0 Å². The Morgan fingerprint density at radius 3 is 2.90 bits per heavy atom. The summed E-state index contributed by atoms with van der Waals surface area (Å²) in [6.45, 7) is 0.811. The molecule has 1 aromatic rings. The molecular formula is C16H20BrClO2. The maximum absolute atomic E-state index is 6.28. The van der Waals surface area contributed by atoms with E-state index in [0.717, 1.165) is 35.2 Å². The molecule has 2 aliphatic rings. The summed E-state index contributed by atoms with van der Waals surface area (Å²) in [5.74, 6) is 1.38. The average molecular weight is 360 g/mol. The summed E-state index contributed by atoms with van der Waals surface area (Å²) < 4.78 is 13.3. The van der Waals surface area contributed by atoms with Crippen LogP contribution in [0, 0.1) is 0 Å². The number of hydrogen-bond donors (Lipinski definition) is 0. The van der Waals surface area contributed by atoms with Crippen LogP contribution in [-0.2, 0) is 10.6 Å². The topological polar surface area (TPSA) is 18.5 Å². The molecule has 1 heterocycles. The highest BCUT2D eigenvalue weighted by Crippen LogP contribution is 2.42. The predicted octanol–water partition coefficient (Wildman–Crippen LogP) is 5.06. The lowest BCUT2D eigenvalue weighted by atomic mass is 9.90. The fourth-order valence-corrected chi connectivity index (χ4v) is 4.12. The van der Waals surface area contributed by atoms with Gasteiger partial charge in [-0.3, -0.25) is 0 Å². The molecule has 0 radical (unpaired) electrons. The second-order valence-corrected chi connectivity index (χ2v) is 6.95. The molecule has 0 aromatic heterocycles. The minimum atomic E-state index is 0.0886. The number of alkyl halides is 1. The van der Waals surface area contributed by atoms with E-state index in [1.807, 2.05) is 18.2 Å². The molecule has 4 heteroatoms. The van der Waals surface area contributed by atoms with Crippen molar-refractivity contribution in [1.29, 1.82) is 0 Å². The van der Waals surface area contributed by atoms with Gasteiger partial charge in [-0.05, 0) is 34.8 Å². The Kier molecular flexibility index (Phi) is 4.58. The van der Waals surface area contributed by atoms with Crippen LogP contribution < -0.4 is 4.74 Å². The minimum Gasteiger partial charge on any atom is -0.489 e. The summed E-state index contributed by atoms with van der Waals surface area (Å²) in [5, 5.41) is 0. The molecule has 110 valence electrons. The van der Waals surface area contributed by atoms with Gasteiger partial charge in [0.05, 0.1) is 22.6 Å². The zero-order chi connectivity index (χ0) is 14.0. The Bertz CT molecular complexity index is 472. The quantitative estimate of drug-likeness (QED) is 0.702. The first-order chi connectivity index (χ1) is 9.72. The SMILES string of the molecule is ClCc1cccc(Br)c1OC1CCOC2(CCCC2)C1. The monoisotopic (exact) mass is 358 g/mol. The highest BCUT2D eigenvalue weighted by molar-refractivity contribution is 9.10. The number of halogens is 2. The molecule has 1 aliphatic carbocycles. The van der Waals surface area contributed by atoms with Crippen LogP contribution in [-0.4, -0.2) is 18.3 Å². The molecule has 1 saturated carbocycles. The molecule has 3 rings (SSSR count). The van der Waals surface area contributed by atoms with Gasteiger partial charge in [0.15, 0.2) is 0 Å². The first kappa shape index (κ1) is 14.7. The fourth-order valence-electron chi connectivity index (χ4n) is 3.41. The van der Waals surface area contributed by atoms with Crippen molar-refractivity contribution in [2.24, 2.45) is 0 Å². The molecule has 0 bridgehead atoms. The van der Waals surface area contributed by atoms with E-state index in [4.69, 9.17) is 21.1 Å². The van der Waals surface area contributed by atoms with E-state index in [9.17, 15) is 0 Å². The molecule has 2 fully saturated rings. The Morgan fingerprint density at radius 2 is 2.15 bits per heavy atom. The highest BCUT2D eigenvalue weighted by Gasteiger charge is 2.40. The summed E-state index contributed by atoms with van der Waals surface area (Å²) in [5.41, 5.74) is 1.14. The van der Waals surface area contributed by atoms with Gasteiger partial charge in [0.25, 0.3) is 0 Å². The van der Waals surface area contributed by atoms with Crippen LogP contribution in [0.5, 0.6) is 5.75 Å². The second-order valence-electron chi connectivity index (χ2n) is 5.83. The van der Waals surface area contributed by atoms with Crippen LogP contribution in [0.15, 0.2) is 22.7 Å². The fraction of sp³-hybridized carbons (Fsp3) is 0.625. The maximum atomic E-state index is 6.28.